The van der Waals surface area contributed by atoms with Gasteiger partial charge in [-0.25, -0.2) is 23.2 Å². The van der Waals surface area contributed by atoms with Crippen LogP contribution in [0.3, 0.4) is 0 Å². The largest absolute Gasteiger partial charge is 4.00 e. The van der Waals surface area contributed by atoms with Crippen LogP contribution in [0.25, 0.3) is 44.3 Å². The van der Waals surface area contributed by atoms with Crippen LogP contribution >= 0.6 is 0 Å². The average molecular weight is 1010 g/mol. The Morgan fingerprint density at radius 1 is 0.760 bits per heavy atom. The summed E-state index contributed by atoms with van der Waals surface area (Å²) in [5, 5.41) is 2.34. The predicted molar refractivity (Wildman–Crippen MR) is 189 cm³/mol. The summed E-state index contributed by atoms with van der Waals surface area (Å²) >= 11 is 0. The van der Waals surface area contributed by atoms with Crippen molar-refractivity contribution < 1.29 is 46.9 Å². The molecule has 0 spiro atoms. The van der Waals surface area contributed by atoms with E-state index in [9.17, 15) is 0 Å². The van der Waals surface area contributed by atoms with Gasteiger partial charge in [-0.1, -0.05) is 53.8 Å². The molecule has 1 aliphatic rings. The average Bonchev–Trinajstić information content (AvgIpc) is 3.84. The molecule has 8 rings (SSSR count). The van der Waals surface area contributed by atoms with Crippen molar-refractivity contribution in [1.29, 1.82) is 0 Å². The zero-order valence-electron chi connectivity index (χ0n) is 26.7. The molecule has 1 aliphatic heterocycles. The van der Waals surface area contributed by atoms with Crippen LogP contribution in [0.2, 0.25) is 0 Å². The van der Waals surface area contributed by atoms with Gasteiger partial charge in [0.2, 0.25) is 0 Å². The first-order valence-corrected chi connectivity index (χ1v) is 15.3. The molecule has 0 radical (unpaired) electrons. The van der Waals surface area contributed by atoms with Gasteiger partial charge in [-0.3, -0.25) is 12.1 Å². The van der Waals surface area contributed by atoms with Crippen molar-refractivity contribution >= 4 is 16.5 Å². The first-order chi connectivity index (χ1) is 23.6. The number of benzene rings is 5. The van der Waals surface area contributed by atoms with Crippen LogP contribution in [-0.2, 0) is 42.1 Å². The summed E-state index contributed by atoms with van der Waals surface area (Å²) < 4.78 is 7.71. The Morgan fingerprint density at radius 3 is 2.30 bits per heavy atom. The number of ether oxygens (including phenoxy) is 1. The molecule has 0 fully saturated rings. The van der Waals surface area contributed by atoms with Gasteiger partial charge in [-0.05, 0) is 48.5 Å². The summed E-state index contributed by atoms with van der Waals surface area (Å²) in [5.41, 5.74) is 6.13. The van der Waals surface area contributed by atoms with Crippen LogP contribution in [0.5, 0.6) is 11.5 Å². The molecule has 0 aliphatic carbocycles. The minimum Gasteiger partial charge on any atom is -0.669 e. The van der Waals surface area contributed by atoms with E-state index in [4.69, 9.17) is 16.1 Å². The third kappa shape index (κ3) is 8.35. The molecular formula is C43H27N4OPt2-3. The number of pyridine rings is 1. The molecule has 0 unspecified atom stereocenters. The Kier molecular flexibility index (Phi) is 12.3. The van der Waals surface area contributed by atoms with Crippen LogP contribution in [0.4, 0.5) is 5.69 Å². The molecule has 0 atom stereocenters. The second kappa shape index (κ2) is 17.0. The SMILES string of the molecule is CN1C=CN(c2[c-]c(Oc3[c-]c(-c4[c-]c(-c5[c-]cccc5)c(-c5cccc6ccccc56)cn4)[c-]cc3)ccc2)[CH-]1.[C-]#Cn1cccc1.[Pt+4].[Pt]. The third-order valence-corrected chi connectivity index (χ3v) is 7.59. The fourth-order valence-corrected chi connectivity index (χ4v) is 5.32. The van der Waals surface area contributed by atoms with Gasteiger partial charge in [-0.2, -0.15) is 48.8 Å². The molecular weight excluding hydrogens is 979 g/mol. The van der Waals surface area contributed by atoms with Crippen molar-refractivity contribution in [3.8, 4) is 51.1 Å². The maximum Gasteiger partial charge on any atom is 4.00 e. The van der Waals surface area contributed by atoms with Crippen LogP contribution in [-0.4, -0.2) is 21.5 Å². The van der Waals surface area contributed by atoms with Gasteiger partial charge in [-0.15, -0.1) is 35.5 Å². The summed E-state index contributed by atoms with van der Waals surface area (Å²) in [5.74, 6) is 1.14. The monoisotopic (exact) mass is 1010 g/mol. The Morgan fingerprint density at radius 2 is 1.54 bits per heavy atom. The quantitative estimate of drug-likeness (QED) is 0.123. The van der Waals surface area contributed by atoms with Crippen LogP contribution in [0, 0.1) is 49.5 Å². The van der Waals surface area contributed by atoms with Gasteiger partial charge in [0.15, 0.2) is 0 Å². The van der Waals surface area contributed by atoms with E-state index in [1.165, 1.54) is 5.39 Å². The summed E-state index contributed by atoms with van der Waals surface area (Å²) in [6.07, 6.45) is 15.9. The Balaban J connectivity index is 0.000000485. The second-order valence-electron chi connectivity index (χ2n) is 10.9. The molecule has 5 nitrogen and oxygen atoms in total. The van der Waals surface area contributed by atoms with Crippen molar-refractivity contribution in [2.24, 2.45) is 0 Å². The number of aromatic nitrogens is 2. The zero-order valence-corrected chi connectivity index (χ0v) is 31.2. The second-order valence-corrected chi connectivity index (χ2v) is 10.9. The van der Waals surface area contributed by atoms with Crippen molar-refractivity contribution in [2.45, 2.75) is 0 Å². The van der Waals surface area contributed by atoms with E-state index in [0.717, 1.165) is 33.3 Å². The maximum absolute atomic E-state index is 6.57. The van der Waals surface area contributed by atoms with Crippen LogP contribution < -0.4 is 9.64 Å². The van der Waals surface area contributed by atoms with Gasteiger partial charge >= 0.3 is 21.1 Å². The van der Waals surface area contributed by atoms with E-state index >= 15 is 0 Å². The summed E-state index contributed by atoms with van der Waals surface area (Å²) in [7, 11) is 1.98. The minimum atomic E-state index is 0. The topological polar surface area (TPSA) is 33.5 Å². The molecule has 0 saturated heterocycles. The van der Waals surface area contributed by atoms with E-state index in [1.54, 1.807) is 17.0 Å². The molecule has 7 aromatic rings. The zero-order chi connectivity index (χ0) is 32.7. The molecule has 0 amide bonds. The van der Waals surface area contributed by atoms with Crippen molar-refractivity contribution in [2.75, 3.05) is 11.9 Å². The number of nitrogens with zero attached hydrogens (tertiary/aromatic N) is 4. The van der Waals surface area contributed by atoms with E-state index in [2.05, 4.69) is 78.8 Å². The maximum atomic E-state index is 6.57. The molecule has 3 heterocycles. The molecule has 248 valence electrons. The molecule has 0 saturated carbocycles. The standard InChI is InChI=1S/C37H23N3O.C6H4N.2Pt/c1-39-20-21-40(26-39)30-15-9-17-32(23-30)41-31-16-7-14-29(22-31)37-24-35(28-10-3-2-4-11-28)36(25-38-37)34-19-8-13-27-12-5-6-18-33(27)34;1-2-7-5-3-4-6-7;;/h2-10,12-13,15-21,25-26H,1H3;3-6H;;/q-6;-1;;+4. The van der Waals surface area contributed by atoms with Gasteiger partial charge in [0, 0.05) is 39.2 Å². The molecule has 0 bridgehead atoms. The van der Waals surface area contributed by atoms with E-state index in [1.807, 2.05) is 109 Å². The number of fused-ring (bicyclic) bond motifs is 1. The summed E-state index contributed by atoms with van der Waals surface area (Å²) in [4.78, 5) is 8.78. The Bertz CT molecular complexity index is 2240. The first kappa shape index (κ1) is 36.2. The number of hydrogen-bond acceptors (Lipinski definition) is 4. The Hall–Kier alpha value is -5.13. The molecule has 2 aromatic heterocycles. The van der Waals surface area contributed by atoms with Crippen molar-refractivity contribution in [3.63, 3.8) is 0 Å². The van der Waals surface area contributed by atoms with Crippen molar-refractivity contribution in [3.05, 3.63) is 184 Å². The van der Waals surface area contributed by atoms with Gasteiger partial charge < -0.3 is 42.1 Å². The Labute approximate surface area is 322 Å². The van der Waals surface area contributed by atoms with Crippen molar-refractivity contribution in [1.82, 2.24) is 14.5 Å². The van der Waals surface area contributed by atoms with Gasteiger partial charge in [0.05, 0.1) is 0 Å². The number of hydrogen-bond donors (Lipinski definition) is 0. The van der Waals surface area contributed by atoms with E-state index in [0.29, 0.717) is 22.8 Å². The normalized spacial score (nSPS) is 11.5. The first-order valence-electron chi connectivity index (χ1n) is 15.3. The van der Waals surface area contributed by atoms with Crippen LogP contribution in [0.1, 0.15) is 0 Å². The summed E-state index contributed by atoms with van der Waals surface area (Å²) in [6.45, 7) is 1.97. The van der Waals surface area contributed by atoms with E-state index in [-0.39, 0.29) is 42.1 Å². The minimum absolute atomic E-state index is 0. The third-order valence-electron chi connectivity index (χ3n) is 7.59. The molecule has 7 heteroatoms. The molecule has 0 N–H and O–H groups in total. The smallest absolute Gasteiger partial charge is 0.669 e. The predicted octanol–water partition coefficient (Wildman–Crippen LogP) is 9.25. The van der Waals surface area contributed by atoms with E-state index < -0.39 is 0 Å². The van der Waals surface area contributed by atoms with Gasteiger partial charge in [0.25, 0.3) is 0 Å². The summed E-state index contributed by atoms with van der Waals surface area (Å²) in [6, 6.07) is 54.8. The molecule has 50 heavy (non-hydrogen) atoms. The fourth-order valence-electron chi connectivity index (χ4n) is 5.32. The number of rotatable bonds is 6. The van der Waals surface area contributed by atoms with Gasteiger partial charge in [0.1, 0.15) is 0 Å². The number of anilines is 1. The molecule has 5 aromatic carbocycles. The fraction of sp³-hybridized carbons (Fsp3) is 0.0233. The van der Waals surface area contributed by atoms with Crippen LogP contribution in [0.15, 0.2) is 140 Å².